The summed E-state index contributed by atoms with van der Waals surface area (Å²) >= 11 is 0. The molecule has 0 bridgehead atoms. The van der Waals surface area contributed by atoms with Gasteiger partial charge in [0, 0.05) is 18.4 Å². The second-order valence-corrected chi connectivity index (χ2v) is 7.35. The summed E-state index contributed by atoms with van der Waals surface area (Å²) in [6.45, 7) is 4.43. The summed E-state index contributed by atoms with van der Waals surface area (Å²) in [5, 5.41) is 0. The number of fused-ring (bicyclic) bond motifs is 1. The lowest BCUT2D eigenvalue weighted by molar-refractivity contribution is 0.137. The molecule has 0 aromatic heterocycles. The van der Waals surface area contributed by atoms with E-state index in [1.165, 1.54) is 49.7 Å². The van der Waals surface area contributed by atoms with Gasteiger partial charge in [-0.1, -0.05) is 37.5 Å². The molecule has 1 aliphatic heterocycles. The summed E-state index contributed by atoms with van der Waals surface area (Å²) in [6.07, 6.45) is 9.98. The Bertz CT molecular complexity index is 488. The van der Waals surface area contributed by atoms with Gasteiger partial charge in [-0.25, -0.2) is 0 Å². The van der Waals surface area contributed by atoms with E-state index in [0.717, 1.165) is 24.5 Å². The average molecular weight is 287 g/mol. The van der Waals surface area contributed by atoms with E-state index in [1.807, 2.05) is 0 Å². The lowest BCUT2D eigenvalue weighted by Crippen LogP contribution is -2.46. The highest BCUT2D eigenvalue weighted by Crippen LogP contribution is 2.39. The van der Waals surface area contributed by atoms with Crippen molar-refractivity contribution in [2.24, 2.45) is 11.7 Å². The molecule has 1 aromatic rings. The van der Waals surface area contributed by atoms with Gasteiger partial charge in [0.05, 0.1) is 0 Å². The van der Waals surface area contributed by atoms with Crippen molar-refractivity contribution < 1.29 is 4.74 Å². The molecule has 2 aliphatic rings. The van der Waals surface area contributed by atoms with Crippen LogP contribution in [0.4, 0.5) is 0 Å². The average Bonchev–Trinajstić information content (AvgIpc) is 2.82. The highest BCUT2D eigenvalue weighted by molar-refractivity contribution is 5.40. The summed E-state index contributed by atoms with van der Waals surface area (Å²) in [4.78, 5) is 0. The molecule has 1 unspecified atom stereocenters. The Morgan fingerprint density at radius 1 is 1.29 bits per heavy atom. The fourth-order valence-corrected chi connectivity index (χ4v) is 4.17. The van der Waals surface area contributed by atoms with Gasteiger partial charge in [0.15, 0.2) is 0 Å². The molecular formula is C19H29NO. The van der Waals surface area contributed by atoms with E-state index >= 15 is 0 Å². The van der Waals surface area contributed by atoms with Gasteiger partial charge < -0.3 is 10.5 Å². The molecular weight excluding hydrogens is 258 g/mol. The minimum absolute atomic E-state index is 0.00595. The monoisotopic (exact) mass is 287 g/mol. The van der Waals surface area contributed by atoms with Crippen molar-refractivity contribution in [2.45, 2.75) is 76.9 Å². The number of aryl methyl sites for hydroxylation is 1. The molecule has 0 amide bonds. The van der Waals surface area contributed by atoms with Gasteiger partial charge in [-0.2, -0.15) is 0 Å². The van der Waals surface area contributed by atoms with Crippen LogP contribution in [-0.4, -0.2) is 11.6 Å². The van der Waals surface area contributed by atoms with Crippen molar-refractivity contribution in [1.29, 1.82) is 0 Å². The zero-order valence-electron chi connectivity index (χ0n) is 13.5. The minimum atomic E-state index is 0.00595. The highest BCUT2D eigenvalue weighted by Gasteiger charge is 2.36. The third kappa shape index (κ3) is 3.42. The fraction of sp³-hybridized carbons (Fsp3) is 0.684. The van der Waals surface area contributed by atoms with Crippen LogP contribution in [0, 0.1) is 12.8 Å². The van der Waals surface area contributed by atoms with Gasteiger partial charge in [-0.15, -0.1) is 0 Å². The smallest absolute Gasteiger partial charge is 0.123 e. The summed E-state index contributed by atoms with van der Waals surface area (Å²) in [5.74, 6) is 1.99. The zero-order chi connectivity index (χ0) is 14.9. The number of hydrogen-bond acceptors (Lipinski definition) is 2. The molecule has 3 rings (SSSR count). The van der Waals surface area contributed by atoms with Gasteiger partial charge in [0.1, 0.15) is 11.9 Å². The van der Waals surface area contributed by atoms with E-state index in [0.29, 0.717) is 0 Å². The lowest BCUT2D eigenvalue weighted by atomic mass is 9.73. The second-order valence-electron chi connectivity index (χ2n) is 7.35. The van der Waals surface area contributed by atoms with Crippen LogP contribution in [-0.2, 0) is 6.42 Å². The van der Waals surface area contributed by atoms with Gasteiger partial charge in [0.2, 0.25) is 0 Å². The number of rotatable bonds is 4. The van der Waals surface area contributed by atoms with Crippen LogP contribution in [0.15, 0.2) is 18.2 Å². The molecule has 2 nitrogen and oxygen atoms in total. The van der Waals surface area contributed by atoms with Crippen molar-refractivity contribution in [3.8, 4) is 5.75 Å². The molecule has 2 N–H and O–H groups in total. The number of ether oxygens (including phenoxy) is 1. The Labute approximate surface area is 129 Å². The van der Waals surface area contributed by atoms with Gasteiger partial charge >= 0.3 is 0 Å². The van der Waals surface area contributed by atoms with Crippen molar-refractivity contribution in [3.05, 3.63) is 29.3 Å². The van der Waals surface area contributed by atoms with Crippen LogP contribution in [0.25, 0.3) is 0 Å². The minimum Gasteiger partial charge on any atom is -0.490 e. The van der Waals surface area contributed by atoms with Gasteiger partial charge in [-0.3, -0.25) is 0 Å². The van der Waals surface area contributed by atoms with Crippen LogP contribution < -0.4 is 10.5 Å². The Morgan fingerprint density at radius 3 is 2.76 bits per heavy atom. The molecule has 21 heavy (non-hydrogen) atoms. The topological polar surface area (TPSA) is 35.2 Å². The summed E-state index contributed by atoms with van der Waals surface area (Å²) in [5.41, 5.74) is 9.37. The van der Waals surface area contributed by atoms with Crippen molar-refractivity contribution in [3.63, 3.8) is 0 Å². The molecule has 1 aromatic carbocycles. The van der Waals surface area contributed by atoms with Crippen molar-refractivity contribution in [1.82, 2.24) is 0 Å². The van der Waals surface area contributed by atoms with Crippen molar-refractivity contribution >= 4 is 0 Å². The third-order valence-corrected chi connectivity index (χ3v) is 5.39. The fourth-order valence-electron chi connectivity index (χ4n) is 4.17. The Kier molecular flexibility index (Phi) is 4.26. The summed E-state index contributed by atoms with van der Waals surface area (Å²) < 4.78 is 6.12. The van der Waals surface area contributed by atoms with Crippen LogP contribution in [0.2, 0.25) is 0 Å². The van der Waals surface area contributed by atoms with Crippen LogP contribution in [0.5, 0.6) is 5.75 Å². The largest absolute Gasteiger partial charge is 0.490 e. The molecule has 1 saturated carbocycles. The van der Waals surface area contributed by atoms with E-state index in [4.69, 9.17) is 10.5 Å². The molecule has 1 fully saturated rings. The first-order valence-electron chi connectivity index (χ1n) is 8.63. The van der Waals surface area contributed by atoms with E-state index in [-0.39, 0.29) is 11.6 Å². The van der Waals surface area contributed by atoms with Crippen LogP contribution in [0.3, 0.4) is 0 Å². The van der Waals surface area contributed by atoms with Gasteiger partial charge in [0.25, 0.3) is 0 Å². The molecule has 2 heteroatoms. The molecule has 1 heterocycles. The number of nitrogens with two attached hydrogens (primary N) is 1. The van der Waals surface area contributed by atoms with E-state index < -0.39 is 0 Å². The van der Waals surface area contributed by atoms with E-state index in [9.17, 15) is 0 Å². The lowest BCUT2D eigenvalue weighted by Gasteiger charge is -2.38. The maximum absolute atomic E-state index is 6.68. The molecule has 0 saturated heterocycles. The van der Waals surface area contributed by atoms with Gasteiger partial charge in [-0.05, 0) is 50.2 Å². The number of benzene rings is 1. The highest BCUT2D eigenvalue weighted by atomic mass is 16.5. The SMILES string of the molecule is CCCC1CCC(N)(CC2Cc3cc(C)ccc3O2)CC1. The number of hydrogen-bond donors (Lipinski definition) is 1. The third-order valence-electron chi connectivity index (χ3n) is 5.39. The predicted octanol–water partition coefficient (Wildman–Crippen LogP) is 4.38. The summed E-state index contributed by atoms with van der Waals surface area (Å²) in [6, 6.07) is 6.51. The van der Waals surface area contributed by atoms with Crippen LogP contribution >= 0.6 is 0 Å². The molecule has 1 atom stereocenters. The molecule has 0 radical (unpaired) electrons. The molecule has 116 valence electrons. The van der Waals surface area contributed by atoms with Crippen LogP contribution in [0.1, 0.15) is 63.0 Å². The quantitative estimate of drug-likeness (QED) is 0.892. The Morgan fingerprint density at radius 2 is 2.05 bits per heavy atom. The molecule has 0 spiro atoms. The normalized spacial score (nSPS) is 31.8. The predicted molar refractivity (Wildman–Crippen MR) is 87.7 cm³/mol. The second kappa shape index (κ2) is 6.00. The maximum atomic E-state index is 6.68. The Balaban J connectivity index is 1.56. The van der Waals surface area contributed by atoms with E-state index in [1.54, 1.807) is 0 Å². The van der Waals surface area contributed by atoms with Crippen molar-refractivity contribution in [2.75, 3.05) is 0 Å². The summed E-state index contributed by atoms with van der Waals surface area (Å²) in [7, 11) is 0. The first-order valence-corrected chi connectivity index (χ1v) is 8.63. The Hall–Kier alpha value is -1.02. The first-order chi connectivity index (χ1) is 10.1. The first kappa shape index (κ1) is 14.9. The maximum Gasteiger partial charge on any atom is 0.123 e. The zero-order valence-corrected chi connectivity index (χ0v) is 13.5. The standard InChI is InChI=1S/C19H29NO/c1-3-4-15-7-9-19(20,10-8-15)13-17-12-16-11-14(2)5-6-18(16)21-17/h5-6,11,15,17H,3-4,7-10,12-13,20H2,1-2H3. The van der Waals surface area contributed by atoms with E-state index in [2.05, 4.69) is 32.0 Å². The molecule has 1 aliphatic carbocycles.